The Balaban J connectivity index is 2.06. The molecule has 1 fully saturated rings. The van der Waals surface area contributed by atoms with Crippen LogP contribution in [0.4, 0.5) is 0 Å². The SMILES string of the molecule is COC1(C(O)Cc2ccco2)CCCC(C)C1. The molecular weight excluding hydrogens is 216 g/mol. The van der Waals surface area contributed by atoms with Gasteiger partial charge in [0, 0.05) is 13.5 Å². The van der Waals surface area contributed by atoms with Gasteiger partial charge in [0.2, 0.25) is 0 Å². The molecule has 0 saturated heterocycles. The molecule has 1 aromatic heterocycles. The fourth-order valence-corrected chi connectivity index (χ4v) is 2.97. The lowest BCUT2D eigenvalue weighted by Gasteiger charge is -2.42. The highest BCUT2D eigenvalue weighted by Gasteiger charge is 2.41. The highest BCUT2D eigenvalue weighted by molar-refractivity contribution is 5.04. The van der Waals surface area contributed by atoms with E-state index in [-0.39, 0.29) is 5.60 Å². The fourth-order valence-electron chi connectivity index (χ4n) is 2.97. The van der Waals surface area contributed by atoms with Crippen molar-refractivity contribution >= 4 is 0 Å². The van der Waals surface area contributed by atoms with E-state index < -0.39 is 6.10 Å². The molecule has 1 saturated carbocycles. The average molecular weight is 238 g/mol. The predicted octanol–water partition coefficient (Wildman–Crippen LogP) is 2.78. The smallest absolute Gasteiger partial charge is 0.106 e. The van der Waals surface area contributed by atoms with Gasteiger partial charge >= 0.3 is 0 Å². The van der Waals surface area contributed by atoms with E-state index in [1.807, 2.05) is 12.1 Å². The first-order chi connectivity index (χ1) is 8.16. The third-order valence-corrected chi connectivity index (χ3v) is 3.98. The Labute approximate surface area is 103 Å². The zero-order valence-electron chi connectivity index (χ0n) is 10.7. The van der Waals surface area contributed by atoms with Crippen LogP contribution in [0.1, 0.15) is 38.4 Å². The summed E-state index contributed by atoms with van der Waals surface area (Å²) in [7, 11) is 1.71. The van der Waals surface area contributed by atoms with Gasteiger partial charge in [0.15, 0.2) is 0 Å². The quantitative estimate of drug-likeness (QED) is 0.877. The third kappa shape index (κ3) is 2.72. The first-order valence-corrected chi connectivity index (χ1v) is 6.42. The molecule has 0 bridgehead atoms. The molecule has 1 aliphatic rings. The van der Waals surface area contributed by atoms with E-state index >= 15 is 0 Å². The number of aliphatic hydroxyl groups is 1. The molecule has 96 valence electrons. The van der Waals surface area contributed by atoms with Gasteiger partial charge in [0.05, 0.1) is 18.0 Å². The number of aliphatic hydroxyl groups excluding tert-OH is 1. The first kappa shape index (κ1) is 12.7. The molecule has 1 aromatic rings. The molecule has 3 heteroatoms. The van der Waals surface area contributed by atoms with Crippen molar-refractivity contribution in [2.24, 2.45) is 5.92 Å². The molecule has 0 amide bonds. The molecule has 0 spiro atoms. The zero-order valence-corrected chi connectivity index (χ0v) is 10.7. The number of methoxy groups -OCH3 is 1. The number of ether oxygens (including phenoxy) is 1. The molecule has 0 aliphatic heterocycles. The summed E-state index contributed by atoms with van der Waals surface area (Å²) in [6, 6.07) is 3.75. The van der Waals surface area contributed by atoms with Gasteiger partial charge < -0.3 is 14.3 Å². The normalized spacial score (nSPS) is 31.4. The van der Waals surface area contributed by atoms with Crippen LogP contribution in [0.2, 0.25) is 0 Å². The minimum absolute atomic E-state index is 0.384. The summed E-state index contributed by atoms with van der Waals surface area (Å²) in [6.45, 7) is 2.23. The van der Waals surface area contributed by atoms with Crippen LogP contribution in [-0.2, 0) is 11.2 Å². The van der Waals surface area contributed by atoms with Crippen LogP contribution in [-0.4, -0.2) is 23.9 Å². The zero-order chi connectivity index (χ0) is 12.3. The van der Waals surface area contributed by atoms with Crippen molar-refractivity contribution in [1.29, 1.82) is 0 Å². The van der Waals surface area contributed by atoms with Gasteiger partial charge in [-0.1, -0.05) is 19.8 Å². The Kier molecular flexibility index (Phi) is 3.89. The van der Waals surface area contributed by atoms with Crippen LogP contribution in [0.15, 0.2) is 22.8 Å². The van der Waals surface area contributed by atoms with Crippen LogP contribution >= 0.6 is 0 Å². The van der Waals surface area contributed by atoms with Crippen LogP contribution < -0.4 is 0 Å². The van der Waals surface area contributed by atoms with Crippen LogP contribution in [0.3, 0.4) is 0 Å². The number of hydrogen-bond donors (Lipinski definition) is 1. The lowest BCUT2D eigenvalue weighted by molar-refractivity contribution is -0.132. The Bertz CT molecular complexity index is 333. The number of hydrogen-bond acceptors (Lipinski definition) is 3. The van der Waals surface area contributed by atoms with Gasteiger partial charge in [-0.15, -0.1) is 0 Å². The van der Waals surface area contributed by atoms with Crippen molar-refractivity contribution in [3.8, 4) is 0 Å². The molecule has 3 nitrogen and oxygen atoms in total. The third-order valence-electron chi connectivity index (χ3n) is 3.98. The van der Waals surface area contributed by atoms with Gasteiger partial charge in [-0.3, -0.25) is 0 Å². The van der Waals surface area contributed by atoms with Crippen molar-refractivity contribution in [1.82, 2.24) is 0 Å². The van der Waals surface area contributed by atoms with Crippen molar-refractivity contribution < 1.29 is 14.3 Å². The van der Waals surface area contributed by atoms with E-state index in [1.165, 1.54) is 6.42 Å². The summed E-state index contributed by atoms with van der Waals surface area (Å²) in [4.78, 5) is 0. The molecule has 1 heterocycles. The van der Waals surface area contributed by atoms with E-state index in [9.17, 15) is 5.11 Å². The van der Waals surface area contributed by atoms with Gasteiger partial charge in [-0.2, -0.15) is 0 Å². The minimum Gasteiger partial charge on any atom is -0.469 e. The molecule has 3 atom stereocenters. The predicted molar refractivity (Wildman–Crippen MR) is 65.8 cm³/mol. The van der Waals surface area contributed by atoms with Crippen molar-refractivity contribution in [2.75, 3.05) is 7.11 Å². The molecule has 0 aromatic carbocycles. The Morgan fingerprint density at radius 1 is 1.65 bits per heavy atom. The Morgan fingerprint density at radius 2 is 2.47 bits per heavy atom. The molecule has 17 heavy (non-hydrogen) atoms. The Hall–Kier alpha value is -0.800. The fraction of sp³-hybridized carbons (Fsp3) is 0.714. The molecule has 1 N–H and O–H groups in total. The van der Waals surface area contributed by atoms with Gasteiger partial charge in [0.25, 0.3) is 0 Å². The standard InChI is InChI=1S/C14H22O3/c1-11-5-3-7-14(10-11,16-2)13(15)9-12-6-4-8-17-12/h4,6,8,11,13,15H,3,5,7,9-10H2,1-2H3. The van der Waals surface area contributed by atoms with Gasteiger partial charge in [0.1, 0.15) is 5.76 Å². The highest BCUT2D eigenvalue weighted by Crippen LogP contribution is 2.38. The summed E-state index contributed by atoms with van der Waals surface area (Å²) >= 11 is 0. The number of furan rings is 1. The second-order valence-corrected chi connectivity index (χ2v) is 5.27. The molecule has 2 rings (SSSR count). The summed E-state index contributed by atoms with van der Waals surface area (Å²) in [5, 5.41) is 10.4. The molecule has 1 aliphatic carbocycles. The maximum Gasteiger partial charge on any atom is 0.106 e. The lowest BCUT2D eigenvalue weighted by Crippen LogP contribution is -2.48. The molecular formula is C14H22O3. The van der Waals surface area contributed by atoms with Crippen molar-refractivity contribution in [2.45, 2.75) is 50.7 Å². The molecule has 3 unspecified atom stereocenters. The van der Waals surface area contributed by atoms with E-state index in [4.69, 9.17) is 9.15 Å². The van der Waals surface area contributed by atoms with E-state index in [0.717, 1.165) is 25.0 Å². The van der Waals surface area contributed by atoms with Crippen LogP contribution in [0, 0.1) is 5.92 Å². The summed E-state index contributed by atoms with van der Waals surface area (Å²) < 4.78 is 11.0. The lowest BCUT2D eigenvalue weighted by atomic mass is 9.74. The van der Waals surface area contributed by atoms with E-state index in [2.05, 4.69) is 6.92 Å². The van der Waals surface area contributed by atoms with Gasteiger partial charge in [-0.05, 0) is 30.9 Å². The Morgan fingerprint density at radius 3 is 3.06 bits per heavy atom. The van der Waals surface area contributed by atoms with Gasteiger partial charge in [-0.25, -0.2) is 0 Å². The van der Waals surface area contributed by atoms with E-state index in [1.54, 1.807) is 13.4 Å². The average Bonchev–Trinajstić information content (AvgIpc) is 2.81. The monoisotopic (exact) mass is 238 g/mol. The second kappa shape index (κ2) is 5.23. The van der Waals surface area contributed by atoms with Crippen LogP contribution in [0.25, 0.3) is 0 Å². The second-order valence-electron chi connectivity index (χ2n) is 5.27. The number of rotatable bonds is 4. The minimum atomic E-state index is -0.485. The molecule has 0 radical (unpaired) electrons. The maximum absolute atomic E-state index is 10.4. The first-order valence-electron chi connectivity index (χ1n) is 6.42. The van der Waals surface area contributed by atoms with E-state index in [0.29, 0.717) is 12.3 Å². The topological polar surface area (TPSA) is 42.6 Å². The summed E-state index contributed by atoms with van der Waals surface area (Å²) in [5.74, 6) is 1.45. The maximum atomic E-state index is 10.4. The van der Waals surface area contributed by atoms with Crippen molar-refractivity contribution in [3.05, 3.63) is 24.2 Å². The highest BCUT2D eigenvalue weighted by atomic mass is 16.5. The summed E-state index contributed by atoms with van der Waals surface area (Å²) in [5.41, 5.74) is -0.384. The van der Waals surface area contributed by atoms with Crippen molar-refractivity contribution in [3.63, 3.8) is 0 Å². The van der Waals surface area contributed by atoms with Crippen LogP contribution in [0.5, 0.6) is 0 Å². The largest absolute Gasteiger partial charge is 0.469 e. The summed E-state index contributed by atoms with van der Waals surface area (Å²) in [6.07, 6.45) is 5.93.